The van der Waals surface area contributed by atoms with Crippen LogP contribution in [0, 0.1) is 5.82 Å². The number of carbonyl (C=O) groups excluding carboxylic acids is 1. The van der Waals surface area contributed by atoms with Crippen LogP contribution in [-0.4, -0.2) is 24.0 Å². The number of nitrogens with one attached hydrogen (secondary N) is 1. The zero-order valence-electron chi connectivity index (χ0n) is 13.4. The van der Waals surface area contributed by atoms with Gasteiger partial charge in [-0.2, -0.15) is 11.8 Å². The summed E-state index contributed by atoms with van der Waals surface area (Å²) < 4.78 is 13.5. The summed E-state index contributed by atoms with van der Waals surface area (Å²) in [5, 5.41) is 4.15. The second-order valence-corrected chi connectivity index (χ2v) is 8.16. The Morgan fingerprint density at radius 3 is 2.56 bits per heavy atom. The molecule has 0 spiro atoms. The lowest BCUT2D eigenvalue weighted by Gasteiger charge is -2.07. The number of carbonyl (C=O) groups is 1. The maximum absolute atomic E-state index is 13.5. The van der Waals surface area contributed by atoms with Crippen molar-refractivity contribution >= 4 is 52.6 Å². The van der Waals surface area contributed by atoms with Gasteiger partial charge < -0.3 is 5.32 Å². The Bertz CT molecular complexity index is 715. The van der Waals surface area contributed by atoms with Gasteiger partial charge in [-0.15, -0.1) is 11.8 Å². The van der Waals surface area contributed by atoms with Crippen LogP contribution in [-0.2, 0) is 16.3 Å². The summed E-state index contributed by atoms with van der Waals surface area (Å²) in [5.41, 5.74) is 1.65. The molecule has 0 aromatic heterocycles. The highest BCUT2D eigenvalue weighted by atomic mass is 35.5. The van der Waals surface area contributed by atoms with Gasteiger partial charge in [-0.25, -0.2) is 4.39 Å². The van der Waals surface area contributed by atoms with Crippen LogP contribution in [0.3, 0.4) is 0 Å². The van der Waals surface area contributed by atoms with Crippen LogP contribution in [0.1, 0.15) is 11.1 Å². The smallest absolute Gasteiger partial charge is 0.230 e. The maximum atomic E-state index is 13.5. The molecular weight excluding hydrogens is 400 g/mol. The molecule has 2 rings (SSSR count). The molecule has 2 nitrogen and oxygen atoms in total. The molecule has 0 saturated heterocycles. The monoisotopic (exact) mass is 417 g/mol. The number of rotatable bonds is 9. The molecule has 7 heteroatoms. The van der Waals surface area contributed by atoms with E-state index in [-0.39, 0.29) is 11.7 Å². The van der Waals surface area contributed by atoms with Crippen LogP contribution in [0.5, 0.6) is 0 Å². The summed E-state index contributed by atoms with van der Waals surface area (Å²) in [7, 11) is 0. The number of benzene rings is 2. The maximum Gasteiger partial charge on any atom is 0.230 e. The normalized spacial score (nSPS) is 10.7. The summed E-state index contributed by atoms with van der Waals surface area (Å²) in [6, 6.07) is 12.1. The van der Waals surface area contributed by atoms with Gasteiger partial charge in [-0.1, -0.05) is 47.5 Å². The lowest BCUT2D eigenvalue weighted by Crippen LogP contribution is -2.27. The molecule has 0 bridgehead atoms. The molecule has 25 heavy (non-hydrogen) atoms. The number of halogens is 3. The predicted molar refractivity (Wildman–Crippen MR) is 108 cm³/mol. The van der Waals surface area contributed by atoms with Crippen LogP contribution >= 0.6 is 46.7 Å². The fourth-order valence-corrected chi connectivity index (χ4v) is 4.26. The highest BCUT2D eigenvalue weighted by molar-refractivity contribution is 7.99. The average Bonchev–Trinajstić information content (AvgIpc) is 2.58. The molecule has 0 fully saturated rings. The van der Waals surface area contributed by atoms with Gasteiger partial charge in [0, 0.05) is 33.8 Å². The first kappa shape index (κ1) is 20.4. The fourth-order valence-electron chi connectivity index (χ4n) is 2.00. The van der Waals surface area contributed by atoms with Crippen molar-refractivity contribution in [1.82, 2.24) is 5.32 Å². The molecule has 0 saturated carbocycles. The zero-order valence-corrected chi connectivity index (χ0v) is 16.6. The molecule has 0 unspecified atom stereocenters. The van der Waals surface area contributed by atoms with Crippen molar-refractivity contribution in [3.8, 4) is 0 Å². The molecular formula is C18H18Cl2FNOS2. The van der Waals surface area contributed by atoms with Crippen molar-refractivity contribution < 1.29 is 9.18 Å². The van der Waals surface area contributed by atoms with Crippen LogP contribution in [0.15, 0.2) is 42.5 Å². The van der Waals surface area contributed by atoms with Crippen molar-refractivity contribution in [2.75, 3.05) is 18.1 Å². The Morgan fingerprint density at radius 1 is 1.04 bits per heavy atom. The predicted octanol–water partition coefficient (Wildman–Crippen LogP) is 5.42. The number of thioether (sulfide) groups is 2. The van der Waals surface area contributed by atoms with E-state index in [1.807, 2.05) is 12.1 Å². The Balaban J connectivity index is 1.57. The van der Waals surface area contributed by atoms with Crippen molar-refractivity contribution in [2.45, 2.75) is 11.5 Å². The van der Waals surface area contributed by atoms with Crippen molar-refractivity contribution in [3.05, 3.63) is 69.5 Å². The van der Waals surface area contributed by atoms with Crippen LogP contribution < -0.4 is 5.32 Å². The van der Waals surface area contributed by atoms with Crippen molar-refractivity contribution in [2.24, 2.45) is 0 Å². The molecule has 2 aromatic carbocycles. The van der Waals surface area contributed by atoms with E-state index in [0.717, 1.165) is 17.1 Å². The second-order valence-electron chi connectivity index (χ2n) is 5.22. The first-order chi connectivity index (χ1) is 12.1. The third-order valence-corrected chi connectivity index (χ3v) is 5.87. The fraction of sp³-hybridized carbons (Fsp3) is 0.278. The van der Waals surface area contributed by atoms with Crippen LogP contribution in [0.4, 0.5) is 4.39 Å². The molecule has 0 aliphatic rings. The van der Waals surface area contributed by atoms with E-state index in [9.17, 15) is 9.18 Å². The van der Waals surface area contributed by atoms with Gasteiger partial charge in [0.25, 0.3) is 0 Å². The third-order valence-electron chi connectivity index (χ3n) is 3.29. The highest BCUT2D eigenvalue weighted by Gasteiger charge is 2.05. The molecule has 0 aliphatic heterocycles. The number of hydrogen-bond acceptors (Lipinski definition) is 3. The minimum atomic E-state index is -0.229. The minimum absolute atomic E-state index is 0.0357. The highest BCUT2D eigenvalue weighted by Crippen LogP contribution is 2.24. The Morgan fingerprint density at radius 2 is 1.80 bits per heavy atom. The number of amides is 1. The molecule has 134 valence electrons. The second kappa shape index (κ2) is 11.0. The summed E-state index contributed by atoms with van der Waals surface area (Å²) in [6.45, 7) is 0.592. The van der Waals surface area contributed by atoms with Gasteiger partial charge in [-0.3, -0.25) is 4.79 Å². The van der Waals surface area contributed by atoms with Gasteiger partial charge in [0.15, 0.2) is 0 Å². The molecule has 0 atom stereocenters. The summed E-state index contributed by atoms with van der Waals surface area (Å²) >= 11 is 15.1. The Kier molecular flexibility index (Phi) is 8.96. The topological polar surface area (TPSA) is 29.1 Å². The van der Waals surface area contributed by atoms with E-state index in [4.69, 9.17) is 23.2 Å². The lowest BCUT2D eigenvalue weighted by atomic mass is 10.2. The molecule has 1 N–H and O–H groups in total. The minimum Gasteiger partial charge on any atom is -0.355 e. The molecule has 2 aromatic rings. The van der Waals surface area contributed by atoms with Gasteiger partial charge in [0.05, 0.1) is 5.75 Å². The third kappa shape index (κ3) is 7.48. The molecule has 0 heterocycles. The zero-order chi connectivity index (χ0) is 18.1. The van der Waals surface area contributed by atoms with E-state index in [1.165, 1.54) is 17.8 Å². The van der Waals surface area contributed by atoms with Gasteiger partial charge >= 0.3 is 0 Å². The average molecular weight is 418 g/mol. The summed E-state index contributed by atoms with van der Waals surface area (Å²) in [6.07, 6.45) is 0. The number of hydrogen-bond donors (Lipinski definition) is 1. The van der Waals surface area contributed by atoms with Crippen LogP contribution in [0.2, 0.25) is 10.0 Å². The van der Waals surface area contributed by atoms with E-state index in [2.05, 4.69) is 5.32 Å². The quantitative estimate of drug-likeness (QED) is 0.552. The largest absolute Gasteiger partial charge is 0.355 e. The summed E-state index contributed by atoms with van der Waals surface area (Å²) in [4.78, 5) is 11.8. The van der Waals surface area contributed by atoms with Crippen molar-refractivity contribution in [3.63, 3.8) is 0 Å². The van der Waals surface area contributed by atoms with E-state index in [0.29, 0.717) is 33.7 Å². The first-order valence-electron chi connectivity index (χ1n) is 7.66. The molecule has 0 aliphatic carbocycles. The van der Waals surface area contributed by atoms with E-state index < -0.39 is 0 Å². The van der Waals surface area contributed by atoms with Gasteiger partial charge in [-0.05, 0) is 29.3 Å². The van der Waals surface area contributed by atoms with Crippen LogP contribution in [0.25, 0.3) is 0 Å². The lowest BCUT2D eigenvalue weighted by molar-refractivity contribution is -0.118. The van der Waals surface area contributed by atoms with Crippen molar-refractivity contribution in [1.29, 1.82) is 0 Å². The van der Waals surface area contributed by atoms with E-state index >= 15 is 0 Å². The summed E-state index contributed by atoms with van der Waals surface area (Å²) in [5.74, 6) is 2.11. The molecule has 0 radical (unpaired) electrons. The SMILES string of the molecule is O=C(CSCc1ccccc1F)NCCSCc1ccc(Cl)cc1Cl. The first-order valence-corrected chi connectivity index (χ1v) is 10.7. The van der Waals surface area contributed by atoms with Gasteiger partial charge in [0.1, 0.15) is 5.82 Å². The van der Waals surface area contributed by atoms with Gasteiger partial charge in [0.2, 0.25) is 5.91 Å². The van der Waals surface area contributed by atoms with E-state index in [1.54, 1.807) is 36.0 Å². The molecule has 1 amide bonds. The standard InChI is InChI=1S/C18H18Cl2FNOS2/c19-15-6-5-13(16(20)9-15)10-24-8-7-22-18(23)12-25-11-14-3-1-2-4-17(14)21/h1-6,9H,7-8,10-12H2,(H,22,23). The Hall–Kier alpha value is -0.880. The Labute approximate surface area is 165 Å².